The highest BCUT2D eigenvalue weighted by molar-refractivity contribution is 5.79. The molecule has 2 rings (SSSR count). The Kier molecular flexibility index (Phi) is 4.50. The van der Waals surface area contributed by atoms with E-state index in [1.807, 2.05) is 51.1 Å². The Bertz CT molecular complexity index is 508. The molecule has 1 N–H and O–H groups in total. The van der Waals surface area contributed by atoms with E-state index in [1.54, 1.807) is 4.90 Å². The molecule has 0 aliphatic carbocycles. The third-order valence-electron chi connectivity index (χ3n) is 3.24. The summed E-state index contributed by atoms with van der Waals surface area (Å²) in [4.78, 5) is 25.9. The Hall–Kier alpha value is -2.04. The summed E-state index contributed by atoms with van der Waals surface area (Å²) in [6.07, 6.45) is -0.128. The van der Waals surface area contributed by atoms with Crippen LogP contribution in [0.4, 0.5) is 4.79 Å². The predicted octanol–water partition coefficient (Wildman–Crippen LogP) is 2.48. The van der Waals surface area contributed by atoms with Crippen LogP contribution >= 0.6 is 0 Å². The van der Waals surface area contributed by atoms with Gasteiger partial charge in [0.05, 0.1) is 12.5 Å². The monoisotopic (exact) mass is 290 g/mol. The molecular weight excluding hydrogens is 268 g/mol. The number of nitrogens with zero attached hydrogens (tertiary/aromatic N) is 1. The van der Waals surface area contributed by atoms with Crippen molar-refractivity contribution in [1.29, 1.82) is 0 Å². The molecule has 1 aliphatic rings. The third-order valence-corrected chi connectivity index (χ3v) is 3.24. The van der Waals surface area contributed by atoms with Crippen LogP contribution in [0.5, 0.6) is 0 Å². The van der Waals surface area contributed by atoms with Crippen molar-refractivity contribution >= 4 is 12.0 Å². The summed E-state index contributed by atoms with van der Waals surface area (Å²) in [5.74, 6) is -0.0464. The molecule has 2 amide bonds. The number of nitrogens with one attached hydrogen (secondary N) is 1. The Labute approximate surface area is 125 Å². The molecule has 5 nitrogen and oxygen atoms in total. The third kappa shape index (κ3) is 4.21. The molecule has 1 aromatic carbocycles. The number of benzene rings is 1. The van der Waals surface area contributed by atoms with Crippen molar-refractivity contribution in [1.82, 2.24) is 10.2 Å². The Morgan fingerprint density at radius 1 is 1.29 bits per heavy atom. The molecular formula is C16H22N2O3. The maximum atomic E-state index is 12.4. The van der Waals surface area contributed by atoms with Gasteiger partial charge in [0.25, 0.3) is 0 Å². The second kappa shape index (κ2) is 6.16. The van der Waals surface area contributed by atoms with E-state index in [1.165, 1.54) is 0 Å². The molecule has 114 valence electrons. The van der Waals surface area contributed by atoms with Gasteiger partial charge < -0.3 is 10.1 Å². The number of hydrogen-bond acceptors (Lipinski definition) is 3. The van der Waals surface area contributed by atoms with Gasteiger partial charge in [-0.3, -0.25) is 9.69 Å². The lowest BCUT2D eigenvalue weighted by molar-refractivity contribution is -0.121. The molecule has 0 spiro atoms. The second-order valence-electron chi connectivity index (χ2n) is 6.15. The van der Waals surface area contributed by atoms with E-state index in [9.17, 15) is 9.59 Å². The van der Waals surface area contributed by atoms with Crippen molar-refractivity contribution in [2.24, 2.45) is 0 Å². The van der Waals surface area contributed by atoms with Crippen molar-refractivity contribution in [3.8, 4) is 0 Å². The molecule has 0 bridgehead atoms. The molecule has 1 aliphatic heterocycles. The van der Waals surface area contributed by atoms with Crippen LogP contribution in [-0.2, 0) is 9.53 Å². The van der Waals surface area contributed by atoms with Crippen LogP contribution in [0.25, 0.3) is 0 Å². The minimum Gasteiger partial charge on any atom is -0.444 e. The molecule has 21 heavy (non-hydrogen) atoms. The van der Waals surface area contributed by atoms with Crippen molar-refractivity contribution in [3.63, 3.8) is 0 Å². The minimum atomic E-state index is -0.554. The van der Waals surface area contributed by atoms with E-state index in [4.69, 9.17) is 4.74 Å². The van der Waals surface area contributed by atoms with Crippen molar-refractivity contribution in [2.75, 3.05) is 13.1 Å². The Balaban J connectivity index is 2.26. The first kappa shape index (κ1) is 15.4. The average Bonchev–Trinajstić information content (AvgIpc) is 2.59. The highest BCUT2D eigenvalue weighted by Crippen LogP contribution is 2.27. The van der Waals surface area contributed by atoms with Crippen LogP contribution in [0.1, 0.15) is 38.8 Å². The summed E-state index contributed by atoms with van der Waals surface area (Å²) in [6.45, 7) is 6.40. The van der Waals surface area contributed by atoms with Crippen LogP contribution in [0.2, 0.25) is 0 Å². The van der Waals surface area contributed by atoms with Crippen LogP contribution in [-0.4, -0.2) is 35.6 Å². The smallest absolute Gasteiger partial charge is 0.410 e. The second-order valence-corrected chi connectivity index (χ2v) is 6.15. The van der Waals surface area contributed by atoms with E-state index in [2.05, 4.69) is 5.32 Å². The number of ether oxygens (including phenoxy) is 1. The standard InChI is InChI=1S/C16H22N2O3/c1-16(2,3)21-15(20)18-10-9-17-14(19)11-13(18)12-7-5-4-6-8-12/h4-8,13H,9-11H2,1-3H3,(H,17,19)/t13-/m0/s1. The normalized spacial score (nSPS) is 19.7. The number of rotatable bonds is 1. The van der Waals surface area contributed by atoms with Gasteiger partial charge in [-0.2, -0.15) is 0 Å². The number of hydrogen-bond donors (Lipinski definition) is 1. The zero-order valence-corrected chi connectivity index (χ0v) is 12.8. The molecule has 0 radical (unpaired) electrons. The topological polar surface area (TPSA) is 58.6 Å². The summed E-state index contributed by atoms with van der Waals surface area (Å²) in [5, 5.41) is 2.80. The fourth-order valence-corrected chi connectivity index (χ4v) is 2.34. The molecule has 1 atom stereocenters. The fourth-order valence-electron chi connectivity index (χ4n) is 2.34. The predicted molar refractivity (Wildman–Crippen MR) is 79.7 cm³/mol. The quantitative estimate of drug-likeness (QED) is 0.864. The van der Waals surface area contributed by atoms with E-state index >= 15 is 0 Å². The van der Waals surface area contributed by atoms with Gasteiger partial charge in [0.1, 0.15) is 5.60 Å². The lowest BCUT2D eigenvalue weighted by Crippen LogP contribution is -2.40. The summed E-state index contributed by atoms with van der Waals surface area (Å²) in [5.41, 5.74) is 0.391. The molecule has 1 heterocycles. The molecule has 1 saturated heterocycles. The molecule has 0 unspecified atom stereocenters. The van der Waals surface area contributed by atoms with Gasteiger partial charge in [-0.05, 0) is 26.3 Å². The first-order chi connectivity index (χ1) is 9.87. The maximum absolute atomic E-state index is 12.4. The average molecular weight is 290 g/mol. The van der Waals surface area contributed by atoms with Gasteiger partial charge in [0.2, 0.25) is 5.91 Å². The van der Waals surface area contributed by atoms with E-state index in [0.717, 1.165) is 5.56 Å². The summed E-state index contributed by atoms with van der Waals surface area (Å²) < 4.78 is 5.47. The molecule has 0 saturated carbocycles. The number of amides is 2. The number of carbonyl (C=O) groups excluding carboxylic acids is 2. The van der Waals surface area contributed by atoms with Crippen LogP contribution in [0.15, 0.2) is 30.3 Å². The van der Waals surface area contributed by atoms with Gasteiger partial charge in [0, 0.05) is 13.1 Å². The van der Waals surface area contributed by atoms with Crippen LogP contribution in [0.3, 0.4) is 0 Å². The van der Waals surface area contributed by atoms with E-state index in [-0.39, 0.29) is 24.5 Å². The summed E-state index contributed by atoms with van der Waals surface area (Å²) >= 11 is 0. The van der Waals surface area contributed by atoms with Crippen LogP contribution in [0, 0.1) is 0 Å². The van der Waals surface area contributed by atoms with Gasteiger partial charge in [-0.1, -0.05) is 30.3 Å². The fraction of sp³-hybridized carbons (Fsp3) is 0.500. The molecule has 1 aromatic rings. The highest BCUT2D eigenvalue weighted by atomic mass is 16.6. The van der Waals surface area contributed by atoms with Gasteiger partial charge in [-0.15, -0.1) is 0 Å². The Morgan fingerprint density at radius 2 is 1.95 bits per heavy atom. The van der Waals surface area contributed by atoms with E-state index in [0.29, 0.717) is 13.1 Å². The largest absolute Gasteiger partial charge is 0.444 e. The highest BCUT2D eigenvalue weighted by Gasteiger charge is 2.32. The van der Waals surface area contributed by atoms with Gasteiger partial charge in [0.15, 0.2) is 0 Å². The summed E-state index contributed by atoms with van der Waals surface area (Å²) in [6, 6.07) is 9.31. The Morgan fingerprint density at radius 3 is 2.57 bits per heavy atom. The van der Waals surface area contributed by atoms with Gasteiger partial charge >= 0.3 is 6.09 Å². The molecule has 0 aromatic heterocycles. The summed E-state index contributed by atoms with van der Waals surface area (Å²) in [7, 11) is 0. The van der Waals surface area contributed by atoms with Crippen molar-refractivity contribution in [3.05, 3.63) is 35.9 Å². The van der Waals surface area contributed by atoms with E-state index < -0.39 is 5.60 Å². The van der Waals surface area contributed by atoms with Crippen LogP contribution < -0.4 is 5.32 Å². The molecule has 5 heteroatoms. The lowest BCUT2D eigenvalue weighted by Gasteiger charge is -2.31. The minimum absolute atomic E-state index is 0.0464. The zero-order valence-electron chi connectivity index (χ0n) is 12.8. The SMILES string of the molecule is CC(C)(C)OC(=O)N1CCNC(=O)C[C@H]1c1ccccc1. The number of carbonyl (C=O) groups is 2. The van der Waals surface area contributed by atoms with Crippen molar-refractivity contribution < 1.29 is 14.3 Å². The maximum Gasteiger partial charge on any atom is 0.410 e. The lowest BCUT2D eigenvalue weighted by atomic mass is 10.0. The first-order valence-electron chi connectivity index (χ1n) is 7.18. The first-order valence-corrected chi connectivity index (χ1v) is 7.18. The molecule has 1 fully saturated rings. The van der Waals surface area contributed by atoms with Gasteiger partial charge in [-0.25, -0.2) is 4.79 Å². The van der Waals surface area contributed by atoms with Crippen molar-refractivity contribution in [2.45, 2.75) is 38.8 Å². The zero-order chi connectivity index (χ0) is 15.5.